The van der Waals surface area contributed by atoms with E-state index in [0.29, 0.717) is 13.0 Å². The van der Waals surface area contributed by atoms with Crippen LogP contribution in [0.25, 0.3) is 0 Å². The van der Waals surface area contributed by atoms with Crippen LogP contribution in [0.5, 0.6) is 5.75 Å². The zero-order valence-corrected chi connectivity index (χ0v) is 9.65. The largest absolute Gasteiger partial charge is 0.485 e. The zero-order valence-electron chi connectivity index (χ0n) is 9.65. The lowest BCUT2D eigenvalue weighted by Gasteiger charge is -2.05. The van der Waals surface area contributed by atoms with Crippen LogP contribution in [0.1, 0.15) is 5.56 Å². The Kier molecular flexibility index (Phi) is 3.86. The molecule has 2 aromatic rings. The molecule has 0 aliphatic carbocycles. The molecule has 2 rings (SSSR count). The number of ether oxygens (including phenoxy) is 1. The van der Waals surface area contributed by atoms with Crippen molar-refractivity contribution in [2.45, 2.75) is 6.42 Å². The van der Waals surface area contributed by atoms with Gasteiger partial charge in [-0.05, 0) is 27.6 Å². The van der Waals surface area contributed by atoms with Gasteiger partial charge in [-0.25, -0.2) is 0 Å². The van der Waals surface area contributed by atoms with Crippen LogP contribution >= 0.6 is 0 Å². The highest BCUT2D eigenvalue weighted by atomic mass is 16.6. The van der Waals surface area contributed by atoms with E-state index < -0.39 is 4.92 Å². The van der Waals surface area contributed by atoms with E-state index in [1.165, 1.54) is 6.20 Å². The predicted octanol–water partition coefficient (Wildman–Crippen LogP) is 2.61. The van der Waals surface area contributed by atoms with E-state index in [-0.39, 0.29) is 11.6 Å². The van der Waals surface area contributed by atoms with E-state index in [2.05, 4.69) is 4.98 Å². The van der Waals surface area contributed by atoms with Crippen LogP contribution in [-0.2, 0) is 6.42 Å². The fourth-order valence-corrected chi connectivity index (χ4v) is 1.56. The van der Waals surface area contributed by atoms with Crippen molar-refractivity contribution in [3.05, 3.63) is 64.3 Å². The Morgan fingerprint density at radius 2 is 1.94 bits per heavy atom. The van der Waals surface area contributed by atoms with Gasteiger partial charge in [0.2, 0.25) is 5.75 Å². The normalized spacial score (nSPS) is 10.0. The molecule has 0 saturated heterocycles. The molecule has 0 spiro atoms. The number of nitrogens with zero attached hydrogens (tertiary/aromatic N) is 2. The second kappa shape index (κ2) is 5.77. The lowest BCUT2D eigenvalue weighted by atomic mass is 10.2. The first-order chi connectivity index (χ1) is 8.77. The maximum absolute atomic E-state index is 10.7. The third-order valence-corrected chi connectivity index (χ3v) is 2.41. The van der Waals surface area contributed by atoms with Gasteiger partial charge < -0.3 is 14.9 Å². The fraction of sp³-hybridized carbons (Fsp3) is 0.154. The van der Waals surface area contributed by atoms with E-state index in [0.717, 1.165) is 5.56 Å². The molecule has 0 aliphatic rings. The predicted molar refractivity (Wildman–Crippen MR) is 66.5 cm³/mol. The van der Waals surface area contributed by atoms with Crippen LogP contribution in [0.15, 0.2) is 48.7 Å². The summed E-state index contributed by atoms with van der Waals surface area (Å²) >= 11 is 0. The first-order valence-corrected chi connectivity index (χ1v) is 5.53. The van der Waals surface area contributed by atoms with E-state index in [9.17, 15) is 10.1 Å². The van der Waals surface area contributed by atoms with Gasteiger partial charge in [-0.3, -0.25) is 0 Å². The van der Waals surface area contributed by atoms with Gasteiger partial charge in [-0.15, -0.1) is 0 Å². The molecule has 0 fully saturated rings. The van der Waals surface area contributed by atoms with Crippen LogP contribution in [0.4, 0.5) is 5.82 Å². The van der Waals surface area contributed by atoms with Crippen LogP contribution in [0.2, 0.25) is 0 Å². The van der Waals surface area contributed by atoms with Gasteiger partial charge in [0.15, 0.2) is 0 Å². The molecule has 92 valence electrons. The Balaban J connectivity index is 1.97. The summed E-state index contributed by atoms with van der Waals surface area (Å²) in [6.07, 6.45) is 2.08. The number of nitro groups is 1. The van der Waals surface area contributed by atoms with Gasteiger partial charge in [0.1, 0.15) is 6.20 Å². The Labute approximate surface area is 104 Å². The molecule has 5 nitrogen and oxygen atoms in total. The molecule has 0 unspecified atom stereocenters. The number of hydrogen-bond donors (Lipinski definition) is 0. The second-order valence-electron chi connectivity index (χ2n) is 3.67. The van der Waals surface area contributed by atoms with Gasteiger partial charge in [0.05, 0.1) is 6.61 Å². The minimum atomic E-state index is -0.544. The molecule has 0 bridgehead atoms. The van der Waals surface area contributed by atoms with Crippen LogP contribution < -0.4 is 4.74 Å². The second-order valence-corrected chi connectivity index (χ2v) is 3.67. The standard InChI is InChI=1S/C13H12N2O3/c16-15(17)13-12(7-4-9-14-13)18-10-8-11-5-2-1-3-6-11/h1-7,9H,8,10H2. The number of pyridine rings is 1. The van der Waals surface area contributed by atoms with Gasteiger partial charge in [-0.1, -0.05) is 30.3 Å². The Morgan fingerprint density at radius 3 is 2.67 bits per heavy atom. The highest BCUT2D eigenvalue weighted by Crippen LogP contribution is 2.22. The summed E-state index contributed by atoms with van der Waals surface area (Å²) in [6, 6.07) is 13.0. The van der Waals surface area contributed by atoms with Crippen LogP contribution in [-0.4, -0.2) is 16.5 Å². The highest BCUT2D eigenvalue weighted by molar-refractivity contribution is 5.38. The van der Waals surface area contributed by atoms with Crippen molar-refractivity contribution in [2.75, 3.05) is 6.61 Å². The zero-order chi connectivity index (χ0) is 12.8. The third-order valence-electron chi connectivity index (χ3n) is 2.41. The highest BCUT2D eigenvalue weighted by Gasteiger charge is 2.14. The molecule has 1 heterocycles. The molecular weight excluding hydrogens is 232 g/mol. The van der Waals surface area contributed by atoms with Crippen molar-refractivity contribution in [1.29, 1.82) is 0 Å². The van der Waals surface area contributed by atoms with Crippen molar-refractivity contribution in [2.24, 2.45) is 0 Å². The van der Waals surface area contributed by atoms with Crippen molar-refractivity contribution in [3.63, 3.8) is 0 Å². The van der Waals surface area contributed by atoms with Gasteiger partial charge >= 0.3 is 5.82 Å². The Bertz CT molecular complexity index is 529. The van der Waals surface area contributed by atoms with Gasteiger partial charge in [0, 0.05) is 6.42 Å². The topological polar surface area (TPSA) is 65.3 Å². The summed E-state index contributed by atoms with van der Waals surface area (Å²) in [5, 5.41) is 10.7. The minimum absolute atomic E-state index is 0.207. The summed E-state index contributed by atoms with van der Waals surface area (Å²) < 4.78 is 5.40. The number of aromatic nitrogens is 1. The summed E-state index contributed by atoms with van der Waals surface area (Å²) in [5.41, 5.74) is 1.13. The number of hydrogen-bond acceptors (Lipinski definition) is 4. The quantitative estimate of drug-likeness (QED) is 0.599. The third kappa shape index (κ3) is 3.04. The SMILES string of the molecule is O=[N+]([O-])c1ncccc1OCCc1ccccc1. The summed E-state index contributed by atoms with van der Waals surface area (Å²) in [5.74, 6) is -0.0380. The summed E-state index contributed by atoms with van der Waals surface area (Å²) in [7, 11) is 0. The van der Waals surface area contributed by atoms with Crippen molar-refractivity contribution in [3.8, 4) is 5.75 Å². The monoisotopic (exact) mass is 244 g/mol. The van der Waals surface area contributed by atoms with Crippen LogP contribution in [0, 0.1) is 10.1 Å². The van der Waals surface area contributed by atoms with E-state index >= 15 is 0 Å². The first-order valence-electron chi connectivity index (χ1n) is 5.53. The summed E-state index contributed by atoms with van der Waals surface area (Å²) in [4.78, 5) is 13.9. The smallest absolute Gasteiger partial charge is 0.406 e. The Hall–Kier alpha value is -2.43. The number of benzene rings is 1. The van der Waals surface area contributed by atoms with Gasteiger partial charge in [0.25, 0.3) is 0 Å². The van der Waals surface area contributed by atoms with Gasteiger partial charge in [-0.2, -0.15) is 0 Å². The molecule has 5 heteroatoms. The van der Waals surface area contributed by atoms with Crippen molar-refractivity contribution >= 4 is 5.82 Å². The first kappa shape index (κ1) is 12.0. The lowest BCUT2D eigenvalue weighted by molar-refractivity contribution is -0.390. The molecule has 1 aromatic heterocycles. The average Bonchev–Trinajstić information content (AvgIpc) is 2.40. The van der Waals surface area contributed by atoms with Crippen LogP contribution in [0.3, 0.4) is 0 Å². The van der Waals surface area contributed by atoms with E-state index in [4.69, 9.17) is 4.74 Å². The van der Waals surface area contributed by atoms with E-state index in [1.807, 2.05) is 30.3 Å². The Morgan fingerprint density at radius 1 is 1.17 bits per heavy atom. The number of rotatable bonds is 5. The molecule has 0 N–H and O–H groups in total. The molecule has 18 heavy (non-hydrogen) atoms. The van der Waals surface area contributed by atoms with E-state index in [1.54, 1.807) is 12.1 Å². The average molecular weight is 244 g/mol. The molecule has 1 aromatic carbocycles. The molecular formula is C13H12N2O3. The molecule has 0 radical (unpaired) electrons. The maximum Gasteiger partial charge on any atom is 0.406 e. The maximum atomic E-state index is 10.7. The lowest BCUT2D eigenvalue weighted by Crippen LogP contribution is -2.04. The molecule has 0 saturated carbocycles. The van der Waals surface area contributed by atoms with Crippen molar-refractivity contribution < 1.29 is 9.66 Å². The summed E-state index contributed by atoms with van der Waals surface area (Å²) in [6.45, 7) is 0.385. The molecule has 0 aliphatic heterocycles. The van der Waals surface area contributed by atoms with Crippen molar-refractivity contribution in [1.82, 2.24) is 4.98 Å². The minimum Gasteiger partial charge on any atom is -0.485 e. The molecule has 0 amide bonds. The molecule has 0 atom stereocenters. The fourth-order valence-electron chi connectivity index (χ4n) is 1.56.